The first kappa shape index (κ1) is 17.7. The van der Waals surface area contributed by atoms with E-state index in [0.29, 0.717) is 36.1 Å². The second kappa shape index (κ2) is 7.50. The zero-order valence-corrected chi connectivity index (χ0v) is 15.1. The molecular weight excluding hydrogens is 369 g/mol. The van der Waals surface area contributed by atoms with Crippen molar-refractivity contribution < 1.29 is 13.9 Å². The molecule has 5 nitrogen and oxygen atoms in total. The molecule has 2 heterocycles. The van der Waals surface area contributed by atoms with E-state index in [1.165, 1.54) is 12.1 Å². The SMILES string of the molecule is O=C(c1cc(-c2cccc(Cl)c2)n[nH]1)N1CCO[C@@H](c2ccc(F)cc2)C1. The Morgan fingerprint density at radius 3 is 2.81 bits per heavy atom. The molecule has 27 heavy (non-hydrogen) atoms. The zero-order chi connectivity index (χ0) is 18.8. The molecule has 0 unspecified atom stereocenters. The Hall–Kier alpha value is -2.70. The largest absolute Gasteiger partial charge is 0.370 e. The second-order valence-electron chi connectivity index (χ2n) is 6.34. The van der Waals surface area contributed by atoms with Crippen LogP contribution in [-0.4, -0.2) is 40.7 Å². The summed E-state index contributed by atoms with van der Waals surface area (Å²) in [6, 6.07) is 15.2. The van der Waals surface area contributed by atoms with Crippen LogP contribution in [0.3, 0.4) is 0 Å². The summed E-state index contributed by atoms with van der Waals surface area (Å²) in [5.74, 6) is -0.445. The van der Waals surface area contributed by atoms with E-state index in [-0.39, 0.29) is 17.8 Å². The molecule has 1 aromatic heterocycles. The van der Waals surface area contributed by atoms with Gasteiger partial charge in [-0.15, -0.1) is 0 Å². The first-order valence-electron chi connectivity index (χ1n) is 8.58. The molecule has 1 aliphatic rings. The lowest BCUT2D eigenvalue weighted by atomic mass is 10.1. The van der Waals surface area contributed by atoms with Crippen LogP contribution in [0.2, 0.25) is 5.02 Å². The smallest absolute Gasteiger partial charge is 0.272 e. The van der Waals surface area contributed by atoms with Crippen molar-refractivity contribution >= 4 is 17.5 Å². The van der Waals surface area contributed by atoms with Crippen LogP contribution in [-0.2, 0) is 4.74 Å². The molecule has 0 radical (unpaired) electrons. The quantitative estimate of drug-likeness (QED) is 0.739. The Balaban J connectivity index is 1.50. The summed E-state index contributed by atoms with van der Waals surface area (Å²) in [6.45, 7) is 1.31. The number of carbonyl (C=O) groups excluding carboxylic acids is 1. The molecule has 1 saturated heterocycles. The number of nitrogens with one attached hydrogen (secondary N) is 1. The van der Waals surface area contributed by atoms with Gasteiger partial charge in [-0.1, -0.05) is 35.9 Å². The van der Waals surface area contributed by atoms with Crippen LogP contribution in [0, 0.1) is 5.82 Å². The Bertz CT molecular complexity index is 958. The van der Waals surface area contributed by atoms with E-state index in [1.807, 2.05) is 12.1 Å². The molecule has 4 rings (SSSR count). The lowest BCUT2D eigenvalue weighted by molar-refractivity contribution is -0.0230. The van der Waals surface area contributed by atoms with E-state index < -0.39 is 0 Å². The first-order chi connectivity index (χ1) is 13.1. The third-order valence-corrected chi connectivity index (χ3v) is 4.76. The van der Waals surface area contributed by atoms with Crippen LogP contribution < -0.4 is 0 Å². The predicted molar refractivity (Wildman–Crippen MR) is 100 cm³/mol. The highest BCUT2D eigenvalue weighted by Gasteiger charge is 2.27. The fraction of sp³-hybridized carbons (Fsp3) is 0.200. The van der Waals surface area contributed by atoms with Gasteiger partial charge in [-0.25, -0.2) is 4.39 Å². The number of ether oxygens (including phenoxy) is 1. The highest BCUT2D eigenvalue weighted by atomic mass is 35.5. The fourth-order valence-electron chi connectivity index (χ4n) is 3.11. The number of aromatic amines is 1. The Morgan fingerprint density at radius 1 is 1.22 bits per heavy atom. The van der Waals surface area contributed by atoms with Gasteiger partial charge < -0.3 is 9.64 Å². The summed E-state index contributed by atoms with van der Waals surface area (Å²) in [4.78, 5) is 14.6. The Labute approximate surface area is 160 Å². The van der Waals surface area contributed by atoms with Crippen molar-refractivity contribution in [2.24, 2.45) is 0 Å². The van der Waals surface area contributed by atoms with Crippen molar-refractivity contribution in [2.45, 2.75) is 6.10 Å². The standard InChI is InChI=1S/C20H17ClFN3O2/c21-15-3-1-2-14(10-15)17-11-18(24-23-17)20(26)25-8-9-27-19(12-25)13-4-6-16(22)7-5-13/h1-7,10-11,19H,8-9,12H2,(H,23,24)/t19-/m1/s1. The number of nitrogens with zero attached hydrogens (tertiary/aromatic N) is 2. The van der Waals surface area contributed by atoms with E-state index in [2.05, 4.69) is 10.2 Å². The second-order valence-corrected chi connectivity index (χ2v) is 6.78. The minimum absolute atomic E-state index is 0.147. The van der Waals surface area contributed by atoms with Gasteiger partial charge in [0.05, 0.1) is 18.8 Å². The van der Waals surface area contributed by atoms with Crippen molar-refractivity contribution in [3.05, 3.63) is 76.7 Å². The zero-order valence-electron chi connectivity index (χ0n) is 14.4. The van der Waals surface area contributed by atoms with Gasteiger partial charge in [-0.2, -0.15) is 5.10 Å². The van der Waals surface area contributed by atoms with E-state index in [1.54, 1.807) is 35.2 Å². The maximum absolute atomic E-state index is 13.1. The van der Waals surface area contributed by atoms with Crippen molar-refractivity contribution in [1.82, 2.24) is 15.1 Å². The normalized spacial score (nSPS) is 17.1. The maximum atomic E-state index is 13.1. The van der Waals surface area contributed by atoms with Crippen LogP contribution >= 0.6 is 11.6 Å². The minimum atomic E-state index is -0.298. The number of morpholine rings is 1. The van der Waals surface area contributed by atoms with Crippen molar-refractivity contribution in [1.29, 1.82) is 0 Å². The van der Waals surface area contributed by atoms with E-state index in [9.17, 15) is 9.18 Å². The number of rotatable bonds is 3. The summed E-state index contributed by atoms with van der Waals surface area (Å²) in [5, 5.41) is 7.64. The van der Waals surface area contributed by atoms with Gasteiger partial charge in [0.2, 0.25) is 0 Å². The van der Waals surface area contributed by atoms with Gasteiger partial charge in [0.15, 0.2) is 0 Å². The molecule has 0 bridgehead atoms. The molecule has 1 amide bonds. The maximum Gasteiger partial charge on any atom is 0.272 e. The number of halogens is 2. The average molecular weight is 386 g/mol. The van der Waals surface area contributed by atoms with Crippen LogP contribution in [0.1, 0.15) is 22.2 Å². The molecule has 0 spiro atoms. The number of H-pyrrole nitrogens is 1. The predicted octanol–water partition coefficient (Wildman–Crippen LogP) is 4.08. The summed E-state index contributed by atoms with van der Waals surface area (Å²) in [7, 11) is 0. The number of aromatic nitrogens is 2. The van der Waals surface area contributed by atoms with Crippen LogP contribution in [0.15, 0.2) is 54.6 Å². The summed E-state index contributed by atoms with van der Waals surface area (Å²) in [5.41, 5.74) is 2.75. The number of hydrogen-bond donors (Lipinski definition) is 1. The fourth-order valence-corrected chi connectivity index (χ4v) is 3.30. The lowest BCUT2D eigenvalue weighted by Gasteiger charge is -2.32. The average Bonchev–Trinajstić information content (AvgIpc) is 3.18. The monoisotopic (exact) mass is 385 g/mol. The summed E-state index contributed by atoms with van der Waals surface area (Å²) >= 11 is 6.02. The molecule has 138 valence electrons. The van der Waals surface area contributed by atoms with Crippen LogP contribution in [0.4, 0.5) is 4.39 Å². The minimum Gasteiger partial charge on any atom is -0.370 e. The van der Waals surface area contributed by atoms with Crippen molar-refractivity contribution in [3.63, 3.8) is 0 Å². The van der Waals surface area contributed by atoms with Gasteiger partial charge in [0.1, 0.15) is 17.6 Å². The van der Waals surface area contributed by atoms with E-state index >= 15 is 0 Å². The number of amides is 1. The molecular formula is C20H17ClFN3O2. The summed E-state index contributed by atoms with van der Waals surface area (Å²) < 4.78 is 18.9. The molecule has 1 aliphatic heterocycles. The van der Waals surface area contributed by atoms with Gasteiger partial charge in [0, 0.05) is 17.1 Å². The molecule has 1 atom stereocenters. The Kier molecular flexibility index (Phi) is 4.92. The molecule has 3 aromatic rings. The van der Waals surface area contributed by atoms with E-state index in [0.717, 1.165) is 11.1 Å². The number of benzene rings is 2. The number of hydrogen-bond acceptors (Lipinski definition) is 3. The molecule has 0 saturated carbocycles. The van der Waals surface area contributed by atoms with Gasteiger partial charge >= 0.3 is 0 Å². The molecule has 1 N–H and O–H groups in total. The van der Waals surface area contributed by atoms with Gasteiger partial charge in [0.25, 0.3) is 5.91 Å². The van der Waals surface area contributed by atoms with Crippen molar-refractivity contribution in [3.8, 4) is 11.3 Å². The molecule has 0 aliphatic carbocycles. The first-order valence-corrected chi connectivity index (χ1v) is 8.95. The topological polar surface area (TPSA) is 58.2 Å². The highest BCUT2D eigenvalue weighted by molar-refractivity contribution is 6.30. The van der Waals surface area contributed by atoms with Crippen LogP contribution in [0.5, 0.6) is 0 Å². The van der Waals surface area contributed by atoms with Crippen molar-refractivity contribution in [2.75, 3.05) is 19.7 Å². The molecule has 2 aromatic carbocycles. The van der Waals surface area contributed by atoms with Crippen LogP contribution in [0.25, 0.3) is 11.3 Å². The number of carbonyl (C=O) groups is 1. The Morgan fingerprint density at radius 2 is 2.04 bits per heavy atom. The van der Waals surface area contributed by atoms with Gasteiger partial charge in [-0.05, 0) is 35.9 Å². The third kappa shape index (κ3) is 3.86. The van der Waals surface area contributed by atoms with Gasteiger partial charge in [-0.3, -0.25) is 9.89 Å². The summed E-state index contributed by atoms with van der Waals surface area (Å²) in [6.07, 6.45) is -0.279. The molecule has 1 fully saturated rings. The third-order valence-electron chi connectivity index (χ3n) is 4.52. The molecule has 7 heteroatoms. The highest BCUT2D eigenvalue weighted by Crippen LogP contribution is 2.25. The van der Waals surface area contributed by atoms with E-state index in [4.69, 9.17) is 16.3 Å². The lowest BCUT2D eigenvalue weighted by Crippen LogP contribution is -2.42.